The molecule has 0 amide bonds. The first-order chi connectivity index (χ1) is 16.3. The number of fused-ring (bicyclic) bond motifs is 12. The van der Waals surface area contributed by atoms with Crippen LogP contribution in [0.1, 0.15) is 5.56 Å². The van der Waals surface area contributed by atoms with Crippen molar-refractivity contribution in [2.24, 2.45) is 0 Å². The summed E-state index contributed by atoms with van der Waals surface area (Å²) in [5.41, 5.74) is 9.17. The van der Waals surface area contributed by atoms with E-state index in [2.05, 4.69) is 107 Å². The molecule has 0 bridgehead atoms. The fourth-order valence-electron chi connectivity index (χ4n) is 6.56. The Hall–Kier alpha value is -4.30. The molecule has 9 rings (SSSR count). The summed E-state index contributed by atoms with van der Waals surface area (Å²) in [5, 5.41) is 10.7. The molecule has 0 aliphatic heterocycles. The Balaban J connectivity index is 1.63. The van der Waals surface area contributed by atoms with Gasteiger partial charge < -0.3 is 8.80 Å². The Labute approximate surface area is 188 Å². The lowest BCUT2D eigenvalue weighted by atomic mass is 10.0. The average molecular weight is 418 g/mol. The van der Waals surface area contributed by atoms with Crippen molar-refractivity contribution in [1.82, 2.24) is 8.80 Å². The Morgan fingerprint density at radius 1 is 0.394 bits per heavy atom. The van der Waals surface area contributed by atoms with Gasteiger partial charge in [0.2, 0.25) is 0 Å². The van der Waals surface area contributed by atoms with Gasteiger partial charge in [-0.15, -0.1) is 0 Å². The van der Waals surface area contributed by atoms with Crippen LogP contribution in [0.3, 0.4) is 0 Å². The Kier molecular flexibility index (Phi) is 2.57. The lowest BCUT2D eigenvalue weighted by molar-refractivity contribution is 1.36. The van der Waals surface area contributed by atoms with Crippen LogP contribution in [-0.2, 0) is 0 Å². The highest BCUT2D eigenvalue weighted by Crippen LogP contribution is 2.44. The van der Waals surface area contributed by atoms with Crippen LogP contribution in [0.4, 0.5) is 0 Å². The molecule has 0 aliphatic rings. The van der Waals surface area contributed by atoms with E-state index in [0.29, 0.717) is 0 Å². The minimum atomic E-state index is 1.29. The molecule has 0 aliphatic carbocycles. The quantitative estimate of drug-likeness (QED) is 0.234. The summed E-state index contributed by atoms with van der Waals surface area (Å²) in [6, 6.07) is 33.9. The lowest BCUT2D eigenvalue weighted by Crippen LogP contribution is -1.82. The second kappa shape index (κ2) is 5.19. The molecule has 0 atom stereocenters. The Morgan fingerprint density at radius 3 is 1.52 bits per heavy atom. The van der Waals surface area contributed by atoms with Gasteiger partial charge in [0.1, 0.15) is 0 Å². The van der Waals surface area contributed by atoms with E-state index in [4.69, 9.17) is 0 Å². The predicted octanol–water partition coefficient (Wildman–Crippen LogP) is 8.30. The molecular weight excluding hydrogens is 400 g/mol. The van der Waals surface area contributed by atoms with Crippen LogP contribution in [0.25, 0.3) is 76.2 Å². The van der Waals surface area contributed by atoms with E-state index in [9.17, 15) is 0 Å². The normalized spacial score (nSPS) is 13.0. The van der Waals surface area contributed by atoms with Crippen molar-refractivity contribution in [1.29, 1.82) is 0 Å². The number of para-hydroxylation sites is 3. The number of hydrogen-bond donors (Lipinski definition) is 0. The number of hydrogen-bond acceptors (Lipinski definition) is 0. The standard InChI is InChI=1S/C31H18N2/c1-17-13-24-19-8-3-5-12-27(19)33-29-15-22-21-10-6-9-20-18-7-2-4-11-26(18)32(30(20)21)28(22)16-23(29)25(14-17)31(24)33/h2-16H,1H3. The van der Waals surface area contributed by atoms with Gasteiger partial charge in [0, 0.05) is 43.1 Å². The highest BCUT2D eigenvalue weighted by Gasteiger charge is 2.21. The zero-order valence-electron chi connectivity index (χ0n) is 18.1. The highest BCUT2D eigenvalue weighted by molar-refractivity contribution is 6.28. The first-order valence-electron chi connectivity index (χ1n) is 11.5. The van der Waals surface area contributed by atoms with Crippen molar-refractivity contribution in [3.05, 3.63) is 96.6 Å². The van der Waals surface area contributed by atoms with Gasteiger partial charge in [-0.05, 0) is 48.9 Å². The van der Waals surface area contributed by atoms with Gasteiger partial charge in [0.25, 0.3) is 0 Å². The van der Waals surface area contributed by atoms with E-state index in [1.54, 1.807) is 0 Å². The molecule has 9 aromatic rings. The van der Waals surface area contributed by atoms with Gasteiger partial charge >= 0.3 is 0 Å². The van der Waals surface area contributed by atoms with Crippen LogP contribution in [0.5, 0.6) is 0 Å². The second-order valence-corrected chi connectivity index (χ2v) is 9.50. The topological polar surface area (TPSA) is 8.82 Å². The Morgan fingerprint density at radius 2 is 0.848 bits per heavy atom. The minimum Gasteiger partial charge on any atom is -0.308 e. The maximum Gasteiger partial charge on any atom is 0.0620 e. The zero-order chi connectivity index (χ0) is 21.4. The van der Waals surface area contributed by atoms with Crippen molar-refractivity contribution in [2.75, 3.05) is 0 Å². The van der Waals surface area contributed by atoms with Crippen molar-refractivity contribution in [2.45, 2.75) is 6.92 Å². The molecule has 4 heterocycles. The highest BCUT2D eigenvalue weighted by atomic mass is 14.9. The van der Waals surface area contributed by atoms with Crippen molar-refractivity contribution in [3.63, 3.8) is 0 Å². The van der Waals surface area contributed by atoms with Crippen LogP contribution in [-0.4, -0.2) is 8.80 Å². The monoisotopic (exact) mass is 418 g/mol. The van der Waals surface area contributed by atoms with Gasteiger partial charge in [-0.2, -0.15) is 0 Å². The lowest BCUT2D eigenvalue weighted by Gasteiger charge is -2.01. The summed E-state index contributed by atoms with van der Waals surface area (Å²) in [6.07, 6.45) is 0. The molecule has 2 heteroatoms. The Bertz CT molecular complexity index is 2240. The number of aromatic nitrogens is 2. The van der Waals surface area contributed by atoms with E-state index in [-0.39, 0.29) is 0 Å². The molecule has 152 valence electrons. The second-order valence-electron chi connectivity index (χ2n) is 9.50. The van der Waals surface area contributed by atoms with E-state index >= 15 is 0 Å². The van der Waals surface area contributed by atoms with E-state index in [0.717, 1.165) is 0 Å². The molecule has 0 saturated heterocycles. The van der Waals surface area contributed by atoms with Gasteiger partial charge in [-0.3, -0.25) is 0 Å². The fraction of sp³-hybridized carbons (Fsp3) is 0.0323. The largest absolute Gasteiger partial charge is 0.308 e. The molecule has 0 unspecified atom stereocenters. The molecule has 4 aromatic heterocycles. The van der Waals surface area contributed by atoms with Crippen LogP contribution in [0, 0.1) is 6.92 Å². The first kappa shape index (κ1) is 16.3. The molecule has 2 nitrogen and oxygen atoms in total. The zero-order valence-corrected chi connectivity index (χ0v) is 18.1. The average Bonchev–Trinajstić information content (AvgIpc) is 3.55. The van der Waals surface area contributed by atoms with Crippen molar-refractivity contribution in [3.8, 4) is 0 Å². The summed E-state index contributed by atoms with van der Waals surface area (Å²) in [5.74, 6) is 0. The fourth-order valence-corrected chi connectivity index (χ4v) is 6.56. The molecule has 0 spiro atoms. The summed E-state index contributed by atoms with van der Waals surface area (Å²) in [4.78, 5) is 0. The molecule has 0 saturated carbocycles. The van der Waals surface area contributed by atoms with Crippen molar-refractivity contribution < 1.29 is 0 Å². The summed E-state index contributed by atoms with van der Waals surface area (Å²) >= 11 is 0. The molecule has 0 fully saturated rings. The molecule has 0 N–H and O–H groups in total. The van der Waals surface area contributed by atoms with Gasteiger partial charge in [-0.25, -0.2) is 0 Å². The van der Waals surface area contributed by atoms with E-state index in [1.165, 1.54) is 81.8 Å². The summed E-state index contributed by atoms with van der Waals surface area (Å²) in [6.45, 7) is 2.21. The van der Waals surface area contributed by atoms with Crippen LogP contribution in [0.2, 0.25) is 0 Å². The maximum absolute atomic E-state index is 2.49. The van der Waals surface area contributed by atoms with Crippen LogP contribution >= 0.6 is 0 Å². The maximum atomic E-state index is 2.49. The predicted molar refractivity (Wildman–Crippen MR) is 140 cm³/mol. The van der Waals surface area contributed by atoms with Crippen molar-refractivity contribution >= 4 is 76.2 Å². The third-order valence-electron chi connectivity index (χ3n) is 7.78. The van der Waals surface area contributed by atoms with Gasteiger partial charge in [0.05, 0.1) is 33.1 Å². The summed E-state index contributed by atoms with van der Waals surface area (Å²) < 4.78 is 4.97. The number of benzene rings is 5. The third-order valence-corrected chi connectivity index (χ3v) is 7.78. The molecule has 0 radical (unpaired) electrons. The third kappa shape index (κ3) is 1.70. The van der Waals surface area contributed by atoms with Crippen LogP contribution in [0.15, 0.2) is 91.0 Å². The van der Waals surface area contributed by atoms with E-state index < -0.39 is 0 Å². The SMILES string of the molecule is Cc1cc2c3ccccc3n3c4cc5c6cccc7c8ccccc8n(c5cc4c(c1)c23)c76. The van der Waals surface area contributed by atoms with Gasteiger partial charge in [0.15, 0.2) is 0 Å². The molecular formula is C31H18N2. The molecule has 33 heavy (non-hydrogen) atoms. The van der Waals surface area contributed by atoms with Crippen LogP contribution < -0.4 is 0 Å². The van der Waals surface area contributed by atoms with E-state index in [1.807, 2.05) is 0 Å². The summed E-state index contributed by atoms with van der Waals surface area (Å²) in [7, 11) is 0. The number of rotatable bonds is 0. The first-order valence-corrected chi connectivity index (χ1v) is 11.5. The number of aryl methyl sites for hydroxylation is 1. The number of nitrogens with zero attached hydrogens (tertiary/aromatic N) is 2. The minimum absolute atomic E-state index is 1.29. The molecule has 5 aromatic carbocycles. The smallest absolute Gasteiger partial charge is 0.0620 e. The van der Waals surface area contributed by atoms with Gasteiger partial charge in [-0.1, -0.05) is 54.6 Å².